The van der Waals surface area contributed by atoms with Crippen molar-refractivity contribution in [3.8, 4) is 5.69 Å². The molecule has 134 valence electrons. The quantitative estimate of drug-likeness (QED) is 0.838. The van der Waals surface area contributed by atoms with Crippen molar-refractivity contribution in [1.82, 2.24) is 30.4 Å². The molecule has 8 heteroatoms. The van der Waals surface area contributed by atoms with Crippen molar-refractivity contribution in [2.75, 3.05) is 32.8 Å². The topological polar surface area (TPSA) is 85.2 Å². The van der Waals surface area contributed by atoms with Crippen LogP contribution in [0.5, 0.6) is 0 Å². The minimum Gasteiger partial charge on any atom is -0.379 e. The van der Waals surface area contributed by atoms with Gasteiger partial charge in [-0.2, -0.15) is 4.68 Å². The average Bonchev–Trinajstić information content (AvgIpc) is 3.21. The molecule has 0 bridgehead atoms. The zero-order valence-corrected chi connectivity index (χ0v) is 14.7. The summed E-state index contributed by atoms with van der Waals surface area (Å²) in [6.45, 7) is 8.18. The van der Waals surface area contributed by atoms with E-state index in [4.69, 9.17) is 4.74 Å². The van der Waals surface area contributed by atoms with Gasteiger partial charge in [-0.15, -0.1) is 5.10 Å². The third-order valence-corrected chi connectivity index (χ3v) is 4.91. The van der Waals surface area contributed by atoms with Crippen LogP contribution in [0, 0.1) is 0 Å². The standard InChI is InChI=1S/C17H24N6O2/c1-3-17(2,22-8-10-25-11-9-22)12-18-16(24)14-6-4-5-7-15(14)23-13-19-20-21-23/h4-7,13H,3,8-12H2,1-2H3,(H,18,24)/t17-/m1/s1. The lowest BCUT2D eigenvalue weighted by atomic mass is 9.95. The Balaban J connectivity index is 1.72. The van der Waals surface area contributed by atoms with Crippen LogP contribution in [0.2, 0.25) is 0 Å². The Labute approximate surface area is 147 Å². The van der Waals surface area contributed by atoms with Gasteiger partial charge >= 0.3 is 0 Å². The summed E-state index contributed by atoms with van der Waals surface area (Å²) >= 11 is 0. The summed E-state index contributed by atoms with van der Waals surface area (Å²) in [5.74, 6) is -0.126. The van der Waals surface area contributed by atoms with Crippen molar-refractivity contribution in [3.05, 3.63) is 36.2 Å². The highest BCUT2D eigenvalue weighted by atomic mass is 16.5. The third kappa shape index (κ3) is 3.85. The number of hydrogen-bond acceptors (Lipinski definition) is 6. The number of rotatable bonds is 6. The van der Waals surface area contributed by atoms with E-state index in [1.165, 1.54) is 11.0 Å². The summed E-state index contributed by atoms with van der Waals surface area (Å²) < 4.78 is 6.94. The molecule has 1 atom stereocenters. The van der Waals surface area contributed by atoms with Gasteiger partial charge in [-0.25, -0.2) is 0 Å². The highest BCUT2D eigenvalue weighted by molar-refractivity contribution is 5.97. The fraction of sp³-hybridized carbons (Fsp3) is 0.529. The Morgan fingerprint density at radius 3 is 2.76 bits per heavy atom. The molecule has 0 unspecified atom stereocenters. The lowest BCUT2D eigenvalue weighted by Gasteiger charge is -2.43. The monoisotopic (exact) mass is 344 g/mol. The van der Waals surface area contributed by atoms with Crippen molar-refractivity contribution < 1.29 is 9.53 Å². The van der Waals surface area contributed by atoms with Crippen LogP contribution in [-0.2, 0) is 4.74 Å². The number of ether oxygens (including phenoxy) is 1. The fourth-order valence-electron chi connectivity index (χ4n) is 3.07. The fourth-order valence-corrected chi connectivity index (χ4v) is 3.07. The van der Waals surface area contributed by atoms with Gasteiger partial charge in [0.1, 0.15) is 6.33 Å². The van der Waals surface area contributed by atoms with Crippen molar-refractivity contribution >= 4 is 5.91 Å². The molecule has 1 fully saturated rings. The minimum absolute atomic E-state index is 0.0941. The molecule has 1 aromatic heterocycles. The molecule has 1 amide bonds. The summed E-state index contributed by atoms with van der Waals surface area (Å²) in [7, 11) is 0. The summed E-state index contributed by atoms with van der Waals surface area (Å²) in [5, 5.41) is 14.3. The number of carbonyl (C=O) groups is 1. The van der Waals surface area contributed by atoms with Gasteiger partial charge in [0.25, 0.3) is 5.91 Å². The van der Waals surface area contributed by atoms with E-state index in [0.717, 1.165) is 32.7 Å². The van der Waals surface area contributed by atoms with E-state index in [1.54, 1.807) is 6.07 Å². The molecule has 0 saturated carbocycles. The van der Waals surface area contributed by atoms with Crippen LogP contribution in [0.25, 0.3) is 5.69 Å². The number of para-hydroxylation sites is 1. The second-order valence-corrected chi connectivity index (χ2v) is 6.40. The number of amides is 1. The van der Waals surface area contributed by atoms with Crippen LogP contribution in [0.15, 0.2) is 30.6 Å². The third-order valence-electron chi connectivity index (χ3n) is 4.91. The average molecular weight is 344 g/mol. The first-order valence-electron chi connectivity index (χ1n) is 8.57. The van der Waals surface area contributed by atoms with Crippen molar-refractivity contribution in [3.63, 3.8) is 0 Å². The second-order valence-electron chi connectivity index (χ2n) is 6.40. The Bertz CT molecular complexity index is 699. The van der Waals surface area contributed by atoms with Crippen LogP contribution < -0.4 is 5.32 Å². The summed E-state index contributed by atoms with van der Waals surface area (Å²) in [5.41, 5.74) is 1.12. The number of carbonyl (C=O) groups excluding carboxylic acids is 1. The van der Waals surface area contributed by atoms with Gasteiger partial charge in [0.2, 0.25) is 0 Å². The molecule has 1 N–H and O–H groups in total. The Kier molecular flexibility index (Phi) is 5.40. The molecule has 1 saturated heterocycles. The summed E-state index contributed by atoms with van der Waals surface area (Å²) in [6.07, 6.45) is 2.43. The molecule has 1 aliphatic rings. The molecule has 1 aromatic carbocycles. The first-order chi connectivity index (χ1) is 12.1. The van der Waals surface area contributed by atoms with Crippen LogP contribution in [0.1, 0.15) is 30.6 Å². The predicted molar refractivity (Wildman–Crippen MR) is 92.6 cm³/mol. The maximum absolute atomic E-state index is 12.8. The second kappa shape index (κ2) is 7.71. The number of aromatic nitrogens is 4. The minimum atomic E-state index is -0.126. The van der Waals surface area contributed by atoms with Crippen LogP contribution >= 0.6 is 0 Å². The van der Waals surface area contributed by atoms with Crippen molar-refractivity contribution in [1.29, 1.82) is 0 Å². The van der Waals surface area contributed by atoms with Gasteiger partial charge in [-0.1, -0.05) is 19.1 Å². The Morgan fingerprint density at radius 2 is 2.08 bits per heavy atom. The first-order valence-corrected chi connectivity index (χ1v) is 8.57. The van der Waals surface area contributed by atoms with Crippen LogP contribution in [-0.4, -0.2) is 69.4 Å². The molecule has 2 heterocycles. The van der Waals surface area contributed by atoms with Gasteiger partial charge in [0, 0.05) is 25.2 Å². The van der Waals surface area contributed by atoms with E-state index in [0.29, 0.717) is 17.8 Å². The van der Waals surface area contributed by atoms with Gasteiger partial charge in [-0.05, 0) is 35.9 Å². The number of tetrazole rings is 1. The summed E-state index contributed by atoms with van der Waals surface area (Å²) in [4.78, 5) is 15.2. The largest absolute Gasteiger partial charge is 0.379 e. The molecule has 25 heavy (non-hydrogen) atoms. The molecule has 0 aliphatic carbocycles. The number of hydrogen-bond donors (Lipinski definition) is 1. The molecular formula is C17H24N6O2. The van der Waals surface area contributed by atoms with Gasteiger partial charge < -0.3 is 10.1 Å². The van der Waals surface area contributed by atoms with E-state index < -0.39 is 0 Å². The highest BCUT2D eigenvalue weighted by Gasteiger charge is 2.32. The maximum atomic E-state index is 12.8. The van der Waals surface area contributed by atoms with E-state index in [1.807, 2.05) is 18.2 Å². The molecule has 3 rings (SSSR count). The lowest BCUT2D eigenvalue weighted by Crippen LogP contribution is -2.56. The first kappa shape index (κ1) is 17.5. The van der Waals surface area contributed by atoms with E-state index in [-0.39, 0.29) is 11.4 Å². The molecule has 8 nitrogen and oxygen atoms in total. The number of benzene rings is 1. The van der Waals surface area contributed by atoms with E-state index in [2.05, 4.69) is 39.6 Å². The van der Waals surface area contributed by atoms with Crippen molar-refractivity contribution in [2.45, 2.75) is 25.8 Å². The maximum Gasteiger partial charge on any atom is 0.253 e. The smallest absolute Gasteiger partial charge is 0.253 e. The lowest BCUT2D eigenvalue weighted by molar-refractivity contribution is -0.0169. The molecule has 1 aliphatic heterocycles. The molecule has 0 spiro atoms. The van der Waals surface area contributed by atoms with Gasteiger partial charge in [-0.3, -0.25) is 9.69 Å². The summed E-state index contributed by atoms with van der Waals surface area (Å²) in [6, 6.07) is 7.30. The highest BCUT2D eigenvalue weighted by Crippen LogP contribution is 2.20. The van der Waals surface area contributed by atoms with E-state index in [9.17, 15) is 4.79 Å². The predicted octanol–water partition coefficient (Wildman–Crippen LogP) is 0.893. The van der Waals surface area contributed by atoms with Gasteiger partial charge in [0.15, 0.2) is 0 Å². The SMILES string of the molecule is CC[C@](C)(CNC(=O)c1ccccc1-n1cnnn1)N1CCOCC1. The normalized spacial score (nSPS) is 17.8. The zero-order chi connectivity index (χ0) is 17.7. The molecule has 2 aromatic rings. The van der Waals surface area contributed by atoms with Crippen LogP contribution in [0.3, 0.4) is 0 Å². The number of morpholine rings is 1. The Morgan fingerprint density at radius 1 is 1.32 bits per heavy atom. The number of nitrogens with zero attached hydrogens (tertiary/aromatic N) is 5. The van der Waals surface area contributed by atoms with Crippen LogP contribution in [0.4, 0.5) is 0 Å². The molecule has 0 radical (unpaired) electrons. The van der Waals surface area contributed by atoms with Crippen molar-refractivity contribution in [2.24, 2.45) is 0 Å². The molecular weight excluding hydrogens is 320 g/mol. The Hall–Kier alpha value is -2.32. The van der Waals surface area contributed by atoms with Gasteiger partial charge in [0.05, 0.1) is 24.5 Å². The number of nitrogens with one attached hydrogen (secondary N) is 1. The zero-order valence-electron chi connectivity index (χ0n) is 14.7. The van der Waals surface area contributed by atoms with E-state index >= 15 is 0 Å².